The van der Waals surface area contributed by atoms with Gasteiger partial charge in [-0.1, -0.05) is 40.2 Å². The third-order valence-corrected chi connectivity index (χ3v) is 5.96. The normalized spacial score (nSPS) is 34.2. The predicted molar refractivity (Wildman–Crippen MR) is 83.0 cm³/mol. The molecular weight excluding hydrogens is 300 g/mol. The molecule has 3 unspecified atom stereocenters. The van der Waals surface area contributed by atoms with Gasteiger partial charge in [0.05, 0.1) is 12.2 Å². The summed E-state index contributed by atoms with van der Waals surface area (Å²) in [6.07, 6.45) is 8.40. The van der Waals surface area contributed by atoms with Crippen LogP contribution in [0.1, 0.15) is 50.2 Å². The van der Waals surface area contributed by atoms with E-state index in [1.54, 1.807) is 11.1 Å². The van der Waals surface area contributed by atoms with E-state index in [2.05, 4.69) is 47.1 Å². The molecule has 0 N–H and O–H groups in total. The summed E-state index contributed by atoms with van der Waals surface area (Å²) in [5, 5.41) is 1.06. The molecule has 104 valence electrons. The van der Waals surface area contributed by atoms with Gasteiger partial charge in [-0.25, -0.2) is 0 Å². The summed E-state index contributed by atoms with van der Waals surface area (Å²) >= 11 is 3.80. The Morgan fingerprint density at radius 1 is 1.32 bits per heavy atom. The van der Waals surface area contributed by atoms with Gasteiger partial charge in [-0.05, 0) is 56.6 Å². The molecule has 1 aromatic carbocycles. The van der Waals surface area contributed by atoms with Gasteiger partial charge in [0.25, 0.3) is 0 Å². The first-order valence-corrected chi connectivity index (χ1v) is 8.65. The lowest BCUT2D eigenvalue weighted by molar-refractivity contribution is 0.0361. The van der Waals surface area contributed by atoms with E-state index in [0.717, 1.165) is 5.33 Å². The van der Waals surface area contributed by atoms with Gasteiger partial charge in [0, 0.05) is 10.7 Å². The molecule has 2 aliphatic rings. The first-order valence-electron chi connectivity index (χ1n) is 7.53. The monoisotopic (exact) mass is 322 g/mol. The molecule has 1 aliphatic carbocycles. The standard InChI is InChI=1S/C17H23BrO/c1-13-8-9-15(19-13)11-17(12-18)10-4-6-14-5-2-3-7-16(14)17/h2-3,5,7,13,15H,4,6,8-12H2,1H3. The van der Waals surface area contributed by atoms with Crippen molar-refractivity contribution in [2.45, 2.75) is 63.1 Å². The molecule has 0 bridgehead atoms. The fourth-order valence-corrected chi connectivity index (χ4v) is 4.70. The van der Waals surface area contributed by atoms with Gasteiger partial charge in [-0.2, -0.15) is 0 Å². The van der Waals surface area contributed by atoms with Crippen LogP contribution in [0.4, 0.5) is 0 Å². The smallest absolute Gasteiger partial charge is 0.0588 e. The molecule has 2 heteroatoms. The molecule has 1 aliphatic heterocycles. The van der Waals surface area contributed by atoms with Crippen molar-refractivity contribution in [2.75, 3.05) is 5.33 Å². The Morgan fingerprint density at radius 2 is 2.16 bits per heavy atom. The second-order valence-corrected chi connectivity index (χ2v) is 6.84. The van der Waals surface area contributed by atoms with Crippen molar-refractivity contribution in [3.8, 4) is 0 Å². The summed E-state index contributed by atoms with van der Waals surface area (Å²) in [5.74, 6) is 0. The molecule has 0 amide bonds. The van der Waals surface area contributed by atoms with Crippen molar-refractivity contribution < 1.29 is 4.74 Å². The number of hydrogen-bond donors (Lipinski definition) is 0. The Hall–Kier alpha value is -0.340. The maximum atomic E-state index is 6.09. The zero-order chi connectivity index (χ0) is 13.3. The number of ether oxygens (including phenoxy) is 1. The topological polar surface area (TPSA) is 9.23 Å². The van der Waals surface area contributed by atoms with E-state index in [1.807, 2.05) is 0 Å². The van der Waals surface area contributed by atoms with Crippen molar-refractivity contribution in [2.24, 2.45) is 0 Å². The van der Waals surface area contributed by atoms with Crippen molar-refractivity contribution in [3.63, 3.8) is 0 Å². The van der Waals surface area contributed by atoms with Crippen LogP contribution in [0.25, 0.3) is 0 Å². The number of rotatable bonds is 3. The number of halogens is 1. The molecule has 0 aromatic heterocycles. The summed E-state index contributed by atoms with van der Waals surface area (Å²) in [7, 11) is 0. The summed E-state index contributed by atoms with van der Waals surface area (Å²) in [6.45, 7) is 2.20. The third kappa shape index (κ3) is 2.62. The molecule has 3 rings (SSSR count). The summed E-state index contributed by atoms with van der Waals surface area (Å²) in [4.78, 5) is 0. The number of alkyl halides is 1. The highest BCUT2D eigenvalue weighted by molar-refractivity contribution is 9.09. The van der Waals surface area contributed by atoms with Crippen LogP contribution in [0.2, 0.25) is 0 Å². The Kier molecular flexibility index (Phi) is 4.00. The minimum atomic E-state index is 0.295. The van der Waals surface area contributed by atoms with Crippen LogP contribution in [0, 0.1) is 0 Å². The van der Waals surface area contributed by atoms with Crippen molar-refractivity contribution in [3.05, 3.63) is 35.4 Å². The average Bonchev–Trinajstić information content (AvgIpc) is 2.84. The minimum absolute atomic E-state index is 0.295. The van der Waals surface area contributed by atoms with Crippen LogP contribution in [-0.2, 0) is 16.6 Å². The molecule has 0 saturated carbocycles. The molecular formula is C17H23BrO. The molecule has 1 saturated heterocycles. The summed E-state index contributed by atoms with van der Waals surface area (Å²) in [6, 6.07) is 9.02. The van der Waals surface area contributed by atoms with Crippen molar-refractivity contribution >= 4 is 15.9 Å². The third-order valence-electron chi connectivity index (χ3n) is 4.88. The van der Waals surface area contributed by atoms with Gasteiger partial charge in [-0.15, -0.1) is 0 Å². The van der Waals surface area contributed by atoms with Gasteiger partial charge in [-0.3, -0.25) is 0 Å². The lowest BCUT2D eigenvalue weighted by atomic mass is 9.68. The second-order valence-electron chi connectivity index (χ2n) is 6.27. The first-order chi connectivity index (χ1) is 9.23. The zero-order valence-corrected chi connectivity index (χ0v) is 13.3. The van der Waals surface area contributed by atoms with Gasteiger partial charge < -0.3 is 4.74 Å². The molecule has 1 fully saturated rings. The second kappa shape index (κ2) is 5.57. The Morgan fingerprint density at radius 3 is 2.89 bits per heavy atom. The fourth-order valence-electron chi connectivity index (χ4n) is 3.88. The van der Waals surface area contributed by atoms with Crippen LogP contribution < -0.4 is 0 Å². The summed E-state index contributed by atoms with van der Waals surface area (Å²) in [5.41, 5.74) is 3.42. The lowest BCUT2D eigenvalue weighted by Gasteiger charge is -2.39. The van der Waals surface area contributed by atoms with Gasteiger partial charge >= 0.3 is 0 Å². The van der Waals surface area contributed by atoms with E-state index < -0.39 is 0 Å². The number of benzene rings is 1. The molecule has 3 atom stereocenters. The number of fused-ring (bicyclic) bond motifs is 1. The lowest BCUT2D eigenvalue weighted by Crippen LogP contribution is -2.36. The molecule has 0 spiro atoms. The number of aryl methyl sites for hydroxylation is 1. The molecule has 19 heavy (non-hydrogen) atoms. The maximum Gasteiger partial charge on any atom is 0.0588 e. The zero-order valence-electron chi connectivity index (χ0n) is 11.7. The molecule has 1 heterocycles. The Balaban J connectivity index is 1.87. The van der Waals surface area contributed by atoms with Crippen LogP contribution in [0.15, 0.2) is 24.3 Å². The minimum Gasteiger partial charge on any atom is -0.375 e. The van der Waals surface area contributed by atoms with E-state index in [-0.39, 0.29) is 0 Å². The quantitative estimate of drug-likeness (QED) is 0.738. The molecule has 1 nitrogen and oxygen atoms in total. The highest BCUT2D eigenvalue weighted by Crippen LogP contribution is 2.44. The van der Waals surface area contributed by atoms with E-state index in [1.165, 1.54) is 38.5 Å². The average molecular weight is 323 g/mol. The van der Waals surface area contributed by atoms with Crippen molar-refractivity contribution in [1.82, 2.24) is 0 Å². The van der Waals surface area contributed by atoms with Gasteiger partial charge in [0.15, 0.2) is 0 Å². The SMILES string of the molecule is CC1CCC(CC2(CBr)CCCc3ccccc32)O1. The largest absolute Gasteiger partial charge is 0.375 e. The predicted octanol–water partition coefficient (Wildman–Crippen LogP) is 4.61. The molecule has 0 radical (unpaired) electrons. The summed E-state index contributed by atoms with van der Waals surface area (Å²) < 4.78 is 6.09. The van der Waals surface area contributed by atoms with Crippen molar-refractivity contribution in [1.29, 1.82) is 0 Å². The highest BCUT2D eigenvalue weighted by atomic mass is 79.9. The van der Waals surface area contributed by atoms with E-state index in [0.29, 0.717) is 17.6 Å². The van der Waals surface area contributed by atoms with Crippen LogP contribution in [-0.4, -0.2) is 17.5 Å². The van der Waals surface area contributed by atoms with Crippen LogP contribution in [0.5, 0.6) is 0 Å². The Bertz CT molecular complexity index is 445. The number of hydrogen-bond acceptors (Lipinski definition) is 1. The molecule has 1 aromatic rings. The van der Waals surface area contributed by atoms with E-state index in [9.17, 15) is 0 Å². The highest BCUT2D eigenvalue weighted by Gasteiger charge is 2.39. The van der Waals surface area contributed by atoms with Gasteiger partial charge in [0.2, 0.25) is 0 Å². The van der Waals surface area contributed by atoms with Gasteiger partial charge in [0.1, 0.15) is 0 Å². The van der Waals surface area contributed by atoms with E-state index in [4.69, 9.17) is 4.74 Å². The fraction of sp³-hybridized carbons (Fsp3) is 0.647. The van der Waals surface area contributed by atoms with E-state index >= 15 is 0 Å². The van der Waals surface area contributed by atoms with Crippen LogP contribution >= 0.6 is 15.9 Å². The first kappa shape index (κ1) is 13.6. The Labute approximate surface area is 124 Å². The maximum absolute atomic E-state index is 6.09. The van der Waals surface area contributed by atoms with Crippen LogP contribution in [0.3, 0.4) is 0 Å².